The van der Waals surface area contributed by atoms with Gasteiger partial charge in [0.05, 0.1) is 6.04 Å². The molecule has 0 spiro atoms. The molecule has 4 N–H and O–H groups in total. The molecule has 3 heteroatoms. The van der Waals surface area contributed by atoms with Gasteiger partial charge in [0.25, 0.3) is 0 Å². The van der Waals surface area contributed by atoms with Crippen molar-refractivity contribution in [2.75, 3.05) is 0 Å². The summed E-state index contributed by atoms with van der Waals surface area (Å²) in [6, 6.07) is -0.491. The van der Waals surface area contributed by atoms with E-state index in [4.69, 9.17) is 11.5 Å². The molecule has 0 rings (SSSR count). The number of hydrogen-bond donors (Lipinski definition) is 2. The third kappa shape index (κ3) is 12.1. The standard InChI is InChI=1S/C5H12N2O.2C2H6/c1-3(2)4(6)5(7)8;2*1-2/h3-4H,6H2,1-2H3,(H2,7,8);2*1-2H3/t4-;;/m0../s1. The highest BCUT2D eigenvalue weighted by Gasteiger charge is 2.12. The van der Waals surface area contributed by atoms with Gasteiger partial charge in [0.2, 0.25) is 5.91 Å². The molecule has 12 heavy (non-hydrogen) atoms. The van der Waals surface area contributed by atoms with Crippen LogP contribution in [0.4, 0.5) is 0 Å². The van der Waals surface area contributed by atoms with Crippen LogP contribution in [0.2, 0.25) is 0 Å². The van der Waals surface area contributed by atoms with Crippen molar-refractivity contribution in [3.8, 4) is 0 Å². The minimum absolute atomic E-state index is 0.146. The van der Waals surface area contributed by atoms with E-state index in [9.17, 15) is 4.79 Å². The van der Waals surface area contributed by atoms with E-state index < -0.39 is 11.9 Å². The molecule has 0 saturated carbocycles. The Bertz CT molecular complexity index is 92.5. The van der Waals surface area contributed by atoms with Crippen molar-refractivity contribution in [2.24, 2.45) is 17.4 Å². The van der Waals surface area contributed by atoms with E-state index in [1.807, 2.05) is 41.5 Å². The number of rotatable bonds is 2. The fraction of sp³-hybridized carbons (Fsp3) is 0.889. The van der Waals surface area contributed by atoms with E-state index in [1.54, 1.807) is 0 Å². The van der Waals surface area contributed by atoms with Gasteiger partial charge >= 0.3 is 0 Å². The number of hydrogen-bond acceptors (Lipinski definition) is 2. The summed E-state index contributed by atoms with van der Waals surface area (Å²) in [6.07, 6.45) is 0. The molecule has 0 unspecified atom stereocenters. The van der Waals surface area contributed by atoms with Gasteiger partial charge in [-0.25, -0.2) is 0 Å². The van der Waals surface area contributed by atoms with Crippen LogP contribution in [0, 0.1) is 5.92 Å². The summed E-state index contributed by atoms with van der Waals surface area (Å²) in [5.41, 5.74) is 10.2. The largest absolute Gasteiger partial charge is 0.368 e. The monoisotopic (exact) mass is 176 g/mol. The lowest BCUT2D eigenvalue weighted by atomic mass is 10.1. The SMILES string of the molecule is CC.CC.CC(C)[C@H](N)C(N)=O. The molecule has 1 atom stereocenters. The van der Waals surface area contributed by atoms with Crippen LogP contribution < -0.4 is 11.5 Å². The molecule has 1 amide bonds. The number of amides is 1. The minimum Gasteiger partial charge on any atom is -0.368 e. The van der Waals surface area contributed by atoms with E-state index in [0.29, 0.717) is 0 Å². The molecular formula is C9H24N2O. The zero-order valence-corrected chi connectivity index (χ0v) is 9.22. The average Bonchev–Trinajstić information content (AvgIpc) is 2.10. The Morgan fingerprint density at radius 3 is 1.33 bits per heavy atom. The second kappa shape index (κ2) is 13.1. The molecule has 3 nitrogen and oxygen atoms in total. The van der Waals surface area contributed by atoms with E-state index in [1.165, 1.54) is 0 Å². The molecule has 0 aromatic rings. The maximum Gasteiger partial charge on any atom is 0.234 e. The molecule has 0 aromatic heterocycles. The summed E-state index contributed by atoms with van der Waals surface area (Å²) >= 11 is 0. The van der Waals surface area contributed by atoms with Crippen molar-refractivity contribution in [3.05, 3.63) is 0 Å². The van der Waals surface area contributed by atoms with Gasteiger partial charge in [0.15, 0.2) is 0 Å². The van der Waals surface area contributed by atoms with Crippen molar-refractivity contribution < 1.29 is 4.79 Å². The molecule has 0 fully saturated rings. The van der Waals surface area contributed by atoms with Gasteiger partial charge in [0, 0.05) is 0 Å². The highest BCUT2D eigenvalue weighted by Crippen LogP contribution is 1.95. The van der Waals surface area contributed by atoms with Crippen molar-refractivity contribution >= 4 is 5.91 Å². The highest BCUT2D eigenvalue weighted by molar-refractivity contribution is 5.79. The first kappa shape index (κ1) is 17.5. The van der Waals surface area contributed by atoms with Gasteiger partial charge < -0.3 is 11.5 Å². The third-order valence-corrected chi connectivity index (χ3v) is 1.05. The molecule has 0 aliphatic rings. The summed E-state index contributed by atoms with van der Waals surface area (Å²) in [4.78, 5) is 10.2. The number of primary amides is 1. The molecule has 0 aliphatic heterocycles. The van der Waals surface area contributed by atoms with E-state index >= 15 is 0 Å². The van der Waals surface area contributed by atoms with Crippen LogP contribution in [0.25, 0.3) is 0 Å². The summed E-state index contributed by atoms with van der Waals surface area (Å²) in [5.74, 6) is -0.285. The first-order valence-electron chi connectivity index (χ1n) is 4.60. The smallest absolute Gasteiger partial charge is 0.234 e. The molecule has 0 radical (unpaired) electrons. The Morgan fingerprint density at radius 1 is 1.08 bits per heavy atom. The molecule has 0 aromatic carbocycles. The normalized spacial score (nSPS) is 10.3. The summed E-state index contributed by atoms with van der Waals surface area (Å²) in [6.45, 7) is 11.7. The van der Waals surface area contributed by atoms with Gasteiger partial charge in [-0.15, -0.1) is 0 Å². The molecule has 0 bridgehead atoms. The fourth-order valence-electron chi connectivity index (χ4n) is 0.329. The zero-order chi connectivity index (χ0) is 10.7. The number of carbonyl (C=O) groups excluding carboxylic acids is 1. The van der Waals surface area contributed by atoms with Crippen molar-refractivity contribution in [3.63, 3.8) is 0 Å². The van der Waals surface area contributed by atoms with Crippen molar-refractivity contribution in [1.29, 1.82) is 0 Å². The van der Waals surface area contributed by atoms with E-state index in [-0.39, 0.29) is 5.92 Å². The van der Waals surface area contributed by atoms with Crippen LogP contribution in [0.1, 0.15) is 41.5 Å². The Labute approximate surface area is 76.5 Å². The van der Waals surface area contributed by atoms with Crippen LogP contribution in [-0.4, -0.2) is 11.9 Å². The third-order valence-electron chi connectivity index (χ3n) is 1.05. The molecule has 0 saturated heterocycles. The lowest BCUT2D eigenvalue weighted by Crippen LogP contribution is -2.40. The van der Waals surface area contributed by atoms with Crippen LogP contribution in [-0.2, 0) is 4.79 Å². The van der Waals surface area contributed by atoms with Crippen LogP contribution >= 0.6 is 0 Å². The van der Waals surface area contributed by atoms with Gasteiger partial charge in [-0.05, 0) is 5.92 Å². The predicted molar refractivity (Wildman–Crippen MR) is 54.7 cm³/mol. The van der Waals surface area contributed by atoms with Gasteiger partial charge in [0.1, 0.15) is 0 Å². The van der Waals surface area contributed by atoms with Crippen LogP contribution in [0.5, 0.6) is 0 Å². The van der Waals surface area contributed by atoms with Crippen LogP contribution in [0.3, 0.4) is 0 Å². The van der Waals surface area contributed by atoms with Gasteiger partial charge in [-0.3, -0.25) is 4.79 Å². The lowest BCUT2D eigenvalue weighted by Gasteiger charge is -2.09. The predicted octanol–water partition coefficient (Wildman–Crippen LogP) is 1.51. The molecule has 76 valence electrons. The van der Waals surface area contributed by atoms with Crippen LogP contribution in [0.15, 0.2) is 0 Å². The lowest BCUT2D eigenvalue weighted by molar-refractivity contribution is -0.120. The zero-order valence-electron chi connectivity index (χ0n) is 9.22. The van der Waals surface area contributed by atoms with E-state index in [2.05, 4.69) is 0 Å². The Balaban J connectivity index is -0.000000175. The van der Waals surface area contributed by atoms with Gasteiger partial charge in [-0.1, -0.05) is 41.5 Å². The molecular weight excluding hydrogens is 152 g/mol. The highest BCUT2D eigenvalue weighted by atomic mass is 16.1. The Hall–Kier alpha value is -0.570. The molecule has 0 aliphatic carbocycles. The summed E-state index contributed by atoms with van der Waals surface area (Å²) < 4.78 is 0. The van der Waals surface area contributed by atoms with Gasteiger partial charge in [-0.2, -0.15) is 0 Å². The van der Waals surface area contributed by atoms with Crippen molar-refractivity contribution in [2.45, 2.75) is 47.6 Å². The first-order chi connectivity index (χ1) is 5.55. The maximum atomic E-state index is 10.2. The van der Waals surface area contributed by atoms with Crippen molar-refractivity contribution in [1.82, 2.24) is 0 Å². The quantitative estimate of drug-likeness (QED) is 0.669. The minimum atomic E-state index is -0.491. The summed E-state index contributed by atoms with van der Waals surface area (Å²) in [7, 11) is 0. The number of carbonyl (C=O) groups is 1. The maximum absolute atomic E-state index is 10.2. The molecule has 0 heterocycles. The average molecular weight is 176 g/mol. The Morgan fingerprint density at radius 2 is 1.33 bits per heavy atom. The Kier molecular flexibility index (Phi) is 19.0. The first-order valence-corrected chi connectivity index (χ1v) is 4.60. The second-order valence-corrected chi connectivity index (χ2v) is 2.17. The van der Waals surface area contributed by atoms with E-state index in [0.717, 1.165) is 0 Å². The fourth-order valence-corrected chi connectivity index (χ4v) is 0.329. The topological polar surface area (TPSA) is 69.1 Å². The number of nitrogens with two attached hydrogens (primary N) is 2. The second-order valence-electron chi connectivity index (χ2n) is 2.17. The summed E-state index contributed by atoms with van der Waals surface area (Å²) in [5, 5.41) is 0.